The number of alkyl halides is 15. The zero-order valence-electron chi connectivity index (χ0n) is 25.2. The summed E-state index contributed by atoms with van der Waals surface area (Å²) in [6, 6.07) is 22.5. The van der Waals surface area contributed by atoms with Crippen molar-refractivity contribution >= 4 is 31.8 Å². The zero-order valence-corrected chi connectivity index (χ0v) is 27.0. The number of halogens is 15. The summed E-state index contributed by atoms with van der Waals surface area (Å²) in [4.78, 5) is 0. The van der Waals surface area contributed by atoms with Gasteiger partial charge in [0.05, 0.1) is 0 Å². The van der Waals surface area contributed by atoms with E-state index in [1.807, 2.05) is 36.4 Å². The monoisotopic (exact) mass is 782 g/mol. The maximum absolute atomic E-state index is 13.0. The van der Waals surface area contributed by atoms with Crippen LogP contribution in [0.2, 0.25) is 0 Å². The van der Waals surface area contributed by atoms with Crippen LogP contribution >= 0.6 is 15.8 Å². The lowest BCUT2D eigenvalue weighted by Crippen LogP contribution is -2.62. The van der Waals surface area contributed by atoms with E-state index < -0.39 is 81.2 Å². The van der Waals surface area contributed by atoms with Gasteiger partial charge in [0, 0.05) is 18.5 Å². The molecule has 3 rings (SSSR count). The third-order valence-electron chi connectivity index (χ3n) is 7.05. The van der Waals surface area contributed by atoms with Crippen molar-refractivity contribution in [1.82, 2.24) is 0 Å². The van der Waals surface area contributed by atoms with Crippen LogP contribution in [-0.4, -0.2) is 81.5 Å². The second-order valence-electron chi connectivity index (χ2n) is 10.9. The van der Waals surface area contributed by atoms with Crippen LogP contribution in [0.5, 0.6) is 0 Å². The quantitative estimate of drug-likeness (QED) is 0.153. The number of hydrogen-bond donors (Lipinski definition) is 3. The van der Waals surface area contributed by atoms with Crippen molar-refractivity contribution in [3.05, 3.63) is 91.0 Å². The predicted molar refractivity (Wildman–Crippen MR) is 157 cm³/mol. The fourth-order valence-corrected chi connectivity index (χ4v) is 9.47. The summed E-state index contributed by atoms with van der Waals surface area (Å²) in [5.41, 5.74) is -13.9. The molecular formula is C30H27F15O3P2. The molecule has 0 heterocycles. The third kappa shape index (κ3) is 10.2. The molecule has 50 heavy (non-hydrogen) atoms. The first-order valence-electron chi connectivity index (χ1n) is 13.7. The first-order chi connectivity index (χ1) is 22.5. The summed E-state index contributed by atoms with van der Waals surface area (Å²) in [5.74, 6) is 0. The minimum absolute atomic E-state index is 0.347. The Bertz CT molecular complexity index is 1370. The second-order valence-corrected chi connectivity index (χ2v) is 15.4. The maximum atomic E-state index is 13.0. The molecule has 0 fully saturated rings. The van der Waals surface area contributed by atoms with Gasteiger partial charge in [0.1, 0.15) is 0 Å². The summed E-state index contributed by atoms with van der Waals surface area (Å²) in [7, 11) is -4.94. The van der Waals surface area contributed by atoms with Gasteiger partial charge in [0.25, 0.3) is 11.2 Å². The smallest absolute Gasteiger partial charge is 0.380 e. The SMILES string of the molecule is CC(O)(CP(c1ccccc1)c1ccccc1)C(F)(F)F.OC(CP(CC(O)(C(F)(F)F)C(F)(F)F)c1ccccc1)(C(F)(F)F)C(F)(F)F. The Kier molecular flexibility index (Phi) is 13.5. The Morgan fingerprint density at radius 3 is 0.900 bits per heavy atom. The topological polar surface area (TPSA) is 60.7 Å². The highest BCUT2D eigenvalue weighted by atomic mass is 31.1. The van der Waals surface area contributed by atoms with Gasteiger partial charge in [-0.25, -0.2) is 0 Å². The van der Waals surface area contributed by atoms with E-state index in [0.29, 0.717) is 12.1 Å². The summed E-state index contributed by atoms with van der Waals surface area (Å²) in [6.07, 6.45) is -36.0. The average Bonchev–Trinajstić information content (AvgIpc) is 2.98. The molecule has 0 amide bonds. The molecule has 1 atom stereocenters. The van der Waals surface area contributed by atoms with Crippen LogP contribution in [0.1, 0.15) is 6.92 Å². The molecule has 0 saturated carbocycles. The Hall–Kier alpha value is -2.65. The van der Waals surface area contributed by atoms with Crippen LogP contribution in [0.25, 0.3) is 0 Å². The highest BCUT2D eigenvalue weighted by Gasteiger charge is 2.74. The molecule has 3 N–H and O–H groups in total. The van der Waals surface area contributed by atoms with Gasteiger partial charge >= 0.3 is 30.9 Å². The van der Waals surface area contributed by atoms with Gasteiger partial charge < -0.3 is 15.3 Å². The first kappa shape index (κ1) is 43.5. The Labute approximate surface area is 277 Å². The molecule has 0 aliphatic rings. The summed E-state index contributed by atoms with van der Waals surface area (Å²) in [5, 5.41) is 29.2. The van der Waals surface area contributed by atoms with Gasteiger partial charge in [-0.05, 0) is 30.8 Å². The summed E-state index contributed by atoms with van der Waals surface area (Å²) >= 11 is 0. The van der Waals surface area contributed by atoms with E-state index in [0.717, 1.165) is 35.7 Å². The Morgan fingerprint density at radius 2 is 0.660 bits per heavy atom. The lowest BCUT2D eigenvalue weighted by Gasteiger charge is -2.39. The van der Waals surface area contributed by atoms with E-state index in [-0.39, 0.29) is 6.16 Å². The van der Waals surface area contributed by atoms with E-state index >= 15 is 0 Å². The highest BCUT2D eigenvalue weighted by molar-refractivity contribution is 7.73. The molecule has 3 aromatic rings. The molecule has 1 unspecified atom stereocenters. The molecule has 0 aliphatic carbocycles. The van der Waals surface area contributed by atoms with E-state index in [1.54, 1.807) is 24.3 Å². The van der Waals surface area contributed by atoms with Gasteiger partial charge in [0.2, 0.25) is 0 Å². The normalized spacial score (nSPS) is 15.1. The van der Waals surface area contributed by atoms with Crippen LogP contribution in [-0.2, 0) is 0 Å². The summed E-state index contributed by atoms with van der Waals surface area (Å²) in [6.45, 7) is 0.841. The second kappa shape index (κ2) is 15.5. The van der Waals surface area contributed by atoms with E-state index in [2.05, 4.69) is 0 Å². The molecule has 0 radical (unpaired) electrons. The molecule has 0 saturated heterocycles. The van der Waals surface area contributed by atoms with Crippen molar-refractivity contribution in [2.45, 2.75) is 54.6 Å². The van der Waals surface area contributed by atoms with Crippen molar-refractivity contribution in [3.63, 3.8) is 0 Å². The minimum atomic E-state index is -6.46. The predicted octanol–water partition coefficient (Wildman–Crippen LogP) is 7.94. The molecule has 3 aromatic carbocycles. The van der Waals surface area contributed by atoms with Gasteiger partial charge in [-0.2, -0.15) is 65.9 Å². The largest absolute Gasteiger partial charge is 0.426 e. The first-order valence-corrected chi connectivity index (χ1v) is 16.9. The molecule has 0 aromatic heterocycles. The van der Waals surface area contributed by atoms with Gasteiger partial charge in [-0.3, -0.25) is 0 Å². The van der Waals surface area contributed by atoms with Crippen LogP contribution in [0.15, 0.2) is 91.0 Å². The Morgan fingerprint density at radius 1 is 0.400 bits per heavy atom. The average molecular weight is 782 g/mol. The van der Waals surface area contributed by atoms with Crippen molar-refractivity contribution in [2.24, 2.45) is 0 Å². The van der Waals surface area contributed by atoms with Crippen LogP contribution in [0, 0.1) is 0 Å². The van der Waals surface area contributed by atoms with Crippen LogP contribution in [0.4, 0.5) is 65.9 Å². The fourth-order valence-electron chi connectivity index (χ4n) is 4.05. The van der Waals surface area contributed by atoms with Crippen molar-refractivity contribution in [2.75, 3.05) is 18.5 Å². The Balaban J connectivity index is 0.000000364. The molecular weight excluding hydrogens is 755 g/mol. The van der Waals surface area contributed by atoms with E-state index in [9.17, 15) is 81.2 Å². The van der Waals surface area contributed by atoms with Crippen LogP contribution in [0.3, 0.4) is 0 Å². The fraction of sp³-hybridized carbons (Fsp3) is 0.400. The molecule has 3 nitrogen and oxygen atoms in total. The maximum Gasteiger partial charge on any atom is 0.426 e. The highest BCUT2D eigenvalue weighted by Crippen LogP contribution is 2.55. The molecule has 0 aliphatic heterocycles. The lowest BCUT2D eigenvalue weighted by molar-refractivity contribution is -0.360. The van der Waals surface area contributed by atoms with E-state index in [1.165, 1.54) is 0 Å². The van der Waals surface area contributed by atoms with Crippen molar-refractivity contribution in [1.29, 1.82) is 0 Å². The van der Waals surface area contributed by atoms with Crippen LogP contribution < -0.4 is 15.9 Å². The number of rotatable bonds is 9. The number of hydrogen-bond acceptors (Lipinski definition) is 3. The summed E-state index contributed by atoms with van der Waals surface area (Å²) < 4.78 is 194. The minimum Gasteiger partial charge on any atom is -0.380 e. The lowest BCUT2D eigenvalue weighted by atomic mass is 10.1. The number of benzene rings is 3. The molecule has 280 valence electrons. The van der Waals surface area contributed by atoms with Crippen molar-refractivity contribution in [3.8, 4) is 0 Å². The van der Waals surface area contributed by atoms with Gasteiger partial charge in [-0.1, -0.05) is 98.9 Å². The van der Waals surface area contributed by atoms with Gasteiger partial charge in [0.15, 0.2) is 5.60 Å². The van der Waals surface area contributed by atoms with Crippen molar-refractivity contribution < 1.29 is 81.2 Å². The molecule has 20 heteroatoms. The molecule has 0 bridgehead atoms. The number of aliphatic hydroxyl groups is 3. The standard InChI is InChI=1S/C16H16F3OP.C14H11F12O2P/c1-15(20,16(17,18)19)12-21(13-8-4-2-5-9-13)14-10-6-3-7-11-14;15-11(16,17)9(27,12(18,19)20)6-29(8-4-2-1-3-5-8)7-10(28,13(21,22)23)14(24,25)26/h2-11,20H,12H2,1H3;1-5,27-28H,6-7H2. The van der Waals surface area contributed by atoms with Gasteiger partial charge in [-0.15, -0.1) is 0 Å². The third-order valence-corrected chi connectivity index (χ3v) is 12.5. The van der Waals surface area contributed by atoms with E-state index in [4.69, 9.17) is 0 Å². The zero-order chi connectivity index (χ0) is 38.6. The molecule has 0 spiro atoms.